The molecule has 1 saturated heterocycles. The third-order valence-electron chi connectivity index (χ3n) is 6.03. The molecule has 9 heteroatoms. The zero-order chi connectivity index (χ0) is 22.1. The number of hydrogen-bond acceptors (Lipinski definition) is 5. The lowest BCUT2D eigenvalue weighted by atomic mass is 10.1. The van der Waals surface area contributed by atoms with Crippen LogP contribution in [0, 0.1) is 0 Å². The molecule has 166 valence electrons. The number of anilines is 2. The summed E-state index contributed by atoms with van der Waals surface area (Å²) in [6, 6.07) is 16.4. The number of sulfonamides is 1. The van der Waals surface area contributed by atoms with Crippen LogP contribution >= 0.6 is 0 Å². The van der Waals surface area contributed by atoms with E-state index in [0.717, 1.165) is 18.7 Å². The summed E-state index contributed by atoms with van der Waals surface area (Å²) < 4.78 is 27.2. The first-order chi connectivity index (χ1) is 15.5. The molecule has 2 aliphatic rings. The molecule has 0 bridgehead atoms. The van der Waals surface area contributed by atoms with E-state index in [9.17, 15) is 13.2 Å². The molecule has 0 unspecified atom stereocenters. The fourth-order valence-corrected chi connectivity index (χ4v) is 5.68. The van der Waals surface area contributed by atoms with Crippen LogP contribution in [0.1, 0.15) is 29.7 Å². The molecule has 0 radical (unpaired) electrons. The topological polar surface area (TPSA) is 98.4 Å². The molecule has 3 aromatic rings. The van der Waals surface area contributed by atoms with Gasteiger partial charge >= 0.3 is 0 Å². The maximum absolute atomic E-state index is 12.9. The molecule has 2 N–H and O–H groups in total. The predicted octanol–water partition coefficient (Wildman–Crippen LogP) is 2.90. The van der Waals surface area contributed by atoms with E-state index >= 15 is 0 Å². The molecule has 2 aliphatic heterocycles. The first-order valence-electron chi connectivity index (χ1n) is 10.8. The van der Waals surface area contributed by atoms with E-state index in [1.807, 2.05) is 12.1 Å². The van der Waals surface area contributed by atoms with E-state index < -0.39 is 10.0 Å². The van der Waals surface area contributed by atoms with E-state index in [0.29, 0.717) is 17.1 Å². The number of carbonyl (C=O) groups excluding carboxylic acids is 1. The third kappa shape index (κ3) is 4.01. The molecule has 1 fully saturated rings. The summed E-state index contributed by atoms with van der Waals surface area (Å²) in [6.45, 7) is 2.52. The molecule has 32 heavy (non-hydrogen) atoms. The normalized spacial score (nSPS) is 16.3. The van der Waals surface area contributed by atoms with Crippen LogP contribution in [0.4, 0.5) is 11.5 Å². The van der Waals surface area contributed by atoms with Gasteiger partial charge in [-0.2, -0.15) is 9.40 Å². The van der Waals surface area contributed by atoms with E-state index in [-0.39, 0.29) is 30.3 Å². The summed E-state index contributed by atoms with van der Waals surface area (Å²) in [5.74, 6) is 0.291. The minimum Gasteiger partial charge on any atom is -0.372 e. The first-order valence-corrected chi connectivity index (χ1v) is 12.2. The van der Waals surface area contributed by atoms with Gasteiger partial charge in [-0.15, -0.1) is 0 Å². The fraction of sp³-hybridized carbons (Fsp3) is 0.304. The monoisotopic (exact) mass is 451 g/mol. The van der Waals surface area contributed by atoms with Gasteiger partial charge in [0.25, 0.3) is 0 Å². The molecule has 1 amide bonds. The van der Waals surface area contributed by atoms with E-state index in [1.165, 1.54) is 22.8 Å². The second-order valence-corrected chi connectivity index (χ2v) is 10.1. The molecule has 1 aromatic heterocycles. The molecule has 0 saturated carbocycles. The van der Waals surface area contributed by atoms with Gasteiger partial charge in [-0.1, -0.05) is 30.3 Å². The number of aromatic nitrogens is 2. The lowest BCUT2D eigenvalue weighted by Gasteiger charge is -2.17. The highest BCUT2D eigenvalue weighted by Crippen LogP contribution is 2.31. The zero-order valence-electron chi connectivity index (χ0n) is 17.6. The Morgan fingerprint density at radius 2 is 1.72 bits per heavy atom. The number of amides is 1. The Morgan fingerprint density at radius 1 is 1.00 bits per heavy atom. The SMILES string of the molecule is O=C(Cc1ccc(N2CCCC2)cc1)Nc1[nH]nc2c1CN(S(=O)(=O)c1ccccc1)C2. The van der Waals surface area contributed by atoms with Crippen LogP contribution in [-0.4, -0.2) is 41.9 Å². The largest absolute Gasteiger partial charge is 0.372 e. The van der Waals surface area contributed by atoms with Crippen molar-refractivity contribution >= 4 is 27.4 Å². The van der Waals surface area contributed by atoms with Crippen LogP contribution in [-0.2, 0) is 34.3 Å². The number of benzene rings is 2. The molecule has 2 aromatic carbocycles. The van der Waals surface area contributed by atoms with Gasteiger partial charge in [0, 0.05) is 30.9 Å². The van der Waals surface area contributed by atoms with Gasteiger partial charge in [0.2, 0.25) is 15.9 Å². The summed E-state index contributed by atoms with van der Waals surface area (Å²) in [7, 11) is -3.62. The van der Waals surface area contributed by atoms with E-state index in [4.69, 9.17) is 0 Å². The highest BCUT2D eigenvalue weighted by molar-refractivity contribution is 7.89. The Bertz CT molecular complexity index is 1220. The van der Waals surface area contributed by atoms with Crippen molar-refractivity contribution in [2.24, 2.45) is 0 Å². The van der Waals surface area contributed by atoms with Crippen LogP contribution in [0.3, 0.4) is 0 Å². The number of aromatic amines is 1. The Morgan fingerprint density at radius 3 is 2.44 bits per heavy atom. The summed E-state index contributed by atoms with van der Waals surface area (Å²) in [5, 5.41) is 9.92. The van der Waals surface area contributed by atoms with Crippen molar-refractivity contribution in [1.29, 1.82) is 0 Å². The fourth-order valence-electron chi connectivity index (χ4n) is 4.29. The lowest BCUT2D eigenvalue weighted by Crippen LogP contribution is -2.26. The summed E-state index contributed by atoms with van der Waals surface area (Å²) in [5.41, 5.74) is 3.46. The van der Waals surface area contributed by atoms with Crippen molar-refractivity contribution in [3.8, 4) is 0 Å². The minimum absolute atomic E-state index is 0.170. The predicted molar refractivity (Wildman–Crippen MR) is 122 cm³/mol. The molecular weight excluding hydrogens is 426 g/mol. The van der Waals surface area contributed by atoms with E-state index in [2.05, 4.69) is 32.5 Å². The van der Waals surface area contributed by atoms with Crippen molar-refractivity contribution < 1.29 is 13.2 Å². The minimum atomic E-state index is -3.62. The van der Waals surface area contributed by atoms with Crippen LogP contribution in [0.25, 0.3) is 0 Å². The molecule has 8 nitrogen and oxygen atoms in total. The average Bonchev–Trinajstić information content (AvgIpc) is 3.54. The second-order valence-electron chi connectivity index (χ2n) is 8.20. The van der Waals surface area contributed by atoms with Gasteiger partial charge < -0.3 is 10.2 Å². The molecular formula is C23H25N5O3S. The van der Waals surface area contributed by atoms with Crippen LogP contribution in [0.15, 0.2) is 59.5 Å². The molecule has 3 heterocycles. The maximum atomic E-state index is 12.9. The highest BCUT2D eigenvalue weighted by Gasteiger charge is 2.34. The van der Waals surface area contributed by atoms with Gasteiger partial charge in [0.05, 0.1) is 23.6 Å². The second kappa shape index (κ2) is 8.40. The van der Waals surface area contributed by atoms with Gasteiger partial charge in [0.15, 0.2) is 0 Å². The first kappa shape index (κ1) is 20.7. The number of rotatable bonds is 6. The molecule has 5 rings (SSSR count). The number of hydrogen-bond donors (Lipinski definition) is 2. The van der Waals surface area contributed by atoms with Crippen molar-refractivity contribution in [2.45, 2.75) is 37.2 Å². The molecule has 0 aliphatic carbocycles. The van der Waals surface area contributed by atoms with Crippen LogP contribution in [0.5, 0.6) is 0 Å². The Hall–Kier alpha value is -3.17. The van der Waals surface area contributed by atoms with Crippen LogP contribution < -0.4 is 10.2 Å². The summed E-state index contributed by atoms with van der Waals surface area (Å²) in [4.78, 5) is 15.2. The van der Waals surface area contributed by atoms with Crippen molar-refractivity contribution in [2.75, 3.05) is 23.3 Å². The van der Waals surface area contributed by atoms with Crippen molar-refractivity contribution in [3.63, 3.8) is 0 Å². The summed E-state index contributed by atoms with van der Waals surface area (Å²) in [6.07, 6.45) is 2.69. The smallest absolute Gasteiger partial charge is 0.243 e. The zero-order valence-corrected chi connectivity index (χ0v) is 18.4. The molecule has 0 atom stereocenters. The van der Waals surface area contributed by atoms with Gasteiger partial charge in [0.1, 0.15) is 5.82 Å². The average molecular weight is 452 g/mol. The van der Waals surface area contributed by atoms with Crippen LogP contribution in [0.2, 0.25) is 0 Å². The van der Waals surface area contributed by atoms with Gasteiger partial charge in [-0.25, -0.2) is 8.42 Å². The number of nitrogens with one attached hydrogen (secondary N) is 2. The maximum Gasteiger partial charge on any atom is 0.243 e. The summed E-state index contributed by atoms with van der Waals surface area (Å²) >= 11 is 0. The third-order valence-corrected chi connectivity index (χ3v) is 7.84. The lowest BCUT2D eigenvalue weighted by molar-refractivity contribution is -0.115. The number of fused-ring (bicyclic) bond motifs is 1. The number of nitrogens with zero attached hydrogens (tertiary/aromatic N) is 3. The van der Waals surface area contributed by atoms with Gasteiger partial charge in [-0.3, -0.25) is 9.89 Å². The standard InChI is InChI=1S/C23H25N5O3S/c29-22(14-17-8-10-18(11-9-17)27-12-4-5-13-27)24-23-20-15-28(16-21(20)25-26-23)32(30,31)19-6-2-1-3-7-19/h1-3,6-11H,4-5,12-16H2,(H2,24,25,26,29). The van der Waals surface area contributed by atoms with Gasteiger partial charge in [-0.05, 0) is 42.7 Å². The Labute approximate surface area is 187 Å². The molecule has 0 spiro atoms. The Balaban J connectivity index is 1.23. The van der Waals surface area contributed by atoms with Crippen molar-refractivity contribution in [3.05, 3.63) is 71.4 Å². The number of carbonyl (C=O) groups is 1. The number of H-pyrrole nitrogens is 1. The van der Waals surface area contributed by atoms with Crippen molar-refractivity contribution in [1.82, 2.24) is 14.5 Å². The quantitative estimate of drug-likeness (QED) is 0.601. The Kier molecular flexibility index (Phi) is 5.44. The highest BCUT2D eigenvalue weighted by atomic mass is 32.2. The van der Waals surface area contributed by atoms with E-state index in [1.54, 1.807) is 30.3 Å².